The first kappa shape index (κ1) is 5.70. The normalized spacial score (nSPS) is 10.3. The molecule has 0 saturated heterocycles. The zero-order valence-electron chi connectivity index (χ0n) is 3.72. The molecule has 0 spiro atoms. The Morgan fingerprint density at radius 2 is 2.33 bits per heavy atom. The number of rotatable bonds is 2. The van der Waals surface area contributed by atoms with Gasteiger partial charge in [0, 0.05) is 6.61 Å². The molecule has 1 radical (unpaired) electrons. The van der Waals surface area contributed by atoms with Gasteiger partial charge in [-0.3, -0.25) is 0 Å². The minimum atomic E-state index is 0.228. The van der Waals surface area contributed by atoms with Crippen LogP contribution >= 0.6 is 0 Å². The molecule has 0 aliphatic rings. The van der Waals surface area contributed by atoms with Crippen molar-refractivity contribution in [2.45, 2.75) is 6.42 Å². The minimum Gasteiger partial charge on any atom is -0.396 e. The number of allylic oxidation sites excluding steroid dienone is 1. The van der Waals surface area contributed by atoms with Crippen LogP contribution in [-0.4, -0.2) is 11.7 Å². The van der Waals surface area contributed by atoms with Gasteiger partial charge in [0.25, 0.3) is 0 Å². The molecule has 0 aliphatic carbocycles. The van der Waals surface area contributed by atoms with E-state index in [0.29, 0.717) is 0 Å². The summed E-state index contributed by atoms with van der Waals surface area (Å²) in [7, 11) is 0. The fraction of sp³-hybridized carbons (Fsp3) is 0.400. The van der Waals surface area contributed by atoms with Crippen molar-refractivity contribution in [3.8, 4) is 0 Å². The Kier molecular flexibility index (Phi) is 4.46. The molecule has 0 heterocycles. The molecule has 0 bridgehead atoms. The lowest BCUT2D eigenvalue weighted by Gasteiger charge is -1.76. The van der Waals surface area contributed by atoms with Gasteiger partial charge in [0.05, 0.1) is 0 Å². The molecule has 6 heavy (non-hydrogen) atoms. The Morgan fingerprint density at radius 3 is 2.50 bits per heavy atom. The lowest BCUT2D eigenvalue weighted by molar-refractivity contribution is 0.302. The van der Waals surface area contributed by atoms with E-state index in [1.165, 1.54) is 0 Å². The third kappa shape index (κ3) is 3.70. The van der Waals surface area contributed by atoms with Crippen LogP contribution < -0.4 is 0 Å². The SMILES string of the molecule is [CH2]C=CCCO. The number of aliphatic hydroxyl groups is 1. The van der Waals surface area contributed by atoms with Gasteiger partial charge in [0.1, 0.15) is 0 Å². The molecular formula is C5H9O. The zero-order valence-corrected chi connectivity index (χ0v) is 3.72. The Labute approximate surface area is 38.3 Å². The topological polar surface area (TPSA) is 20.2 Å². The van der Waals surface area contributed by atoms with Crippen LogP contribution in [0.2, 0.25) is 0 Å². The average molecular weight is 85.1 g/mol. The van der Waals surface area contributed by atoms with E-state index in [2.05, 4.69) is 6.92 Å². The summed E-state index contributed by atoms with van der Waals surface area (Å²) < 4.78 is 0. The lowest BCUT2D eigenvalue weighted by Crippen LogP contribution is -1.73. The monoisotopic (exact) mass is 85.1 g/mol. The van der Waals surface area contributed by atoms with Gasteiger partial charge in [-0.05, 0) is 13.3 Å². The first-order valence-electron chi connectivity index (χ1n) is 1.97. The molecule has 0 aromatic rings. The second-order valence-corrected chi connectivity index (χ2v) is 0.984. The van der Waals surface area contributed by atoms with Crippen molar-refractivity contribution in [3.05, 3.63) is 19.1 Å². The number of hydrogen-bond acceptors (Lipinski definition) is 1. The van der Waals surface area contributed by atoms with Crippen LogP contribution in [-0.2, 0) is 0 Å². The van der Waals surface area contributed by atoms with E-state index < -0.39 is 0 Å². The molecule has 0 aromatic heterocycles. The highest BCUT2D eigenvalue weighted by Gasteiger charge is 1.65. The smallest absolute Gasteiger partial charge is 0.0465 e. The molecule has 0 rings (SSSR count). The van der Waals surface area contributed by atoms with Crippen molar-refractivity contribution >= 4 is 0 Å². The molecule has 1 N–H and O–H groups in total. The van der Waals surface area contributed by atoms with Crippen molar-refractivity contribution in [2.24, 2.45) is 0 Å². The van der Waals surface area contributed by atoms with Gasteiger partial charge in [0.2, 0.25) is 0 Å². The molecule has 0 unspecified atom stereocenters. The summed E-state index contributed by atoms with van der Waals surface area (Å²) in [5.41, 5.74) is 0. The van der Waals surface area contributed by atoms with Gasteiger partial charge in [-0.25, -0.2) is 0 Å². The molecule has 35 valence electrons. The number of hydrogen-bond donors (Lipinski definition) is 1. The van der Waals surface area contributed by atoms with Gasteiger partial charge in [-0.1, -0.05) is 12.2 Å². The summed E-state index contributed by atoms with van der Waals surface area (Å²) in [5, 5.41) is 8.12. The van der Waals surface area contributed by atoms with Gasteiger partial charge >= 0.3 is 0 Å². The van der Waals surface area contributed by atoms with Gasteiger partial charge in [0.15, 0.2) is 0 Å². The maximum Gasteiger partial charge on any atom is 0.0465 e. The van der Waals surface area contributed by atoms with E-state index in [9.17, 15) is 0 Å². The molecule has 0 aliphatic heterocycles. The van der Waals surface area contributed by atoms with E-state index >= 15 is 0 Å². The summed E-state index contributed by atoms with van der Waals surface area (Å²) in [6.07, 6.45) is 4.22. The molecule has 0 saturated carbocycles. The van der Waals surface area contributed by atoms with Crippen molar-refractivity contribution in [1.29, 1.82) is 0 Å². The number of aliphatic hydroxyl groups excluding tert-OH is 1. The zero-order chi connectivity index (χ0) is 4.83. The van der Waals surface area contributed by atoms with Crippen LogP contribution in [0.4, 0.5) is 0 Å². The molecule has 0 aromatic carbocycles. The quantitative estimate of drug-likeness (QED) is 0.524. The van der Waals surface area contributed by atoms with E-state index in [0.717, 1.165) is 6.42 Å². The van der Waals surface area contributed by atoms with Crippen molar-refractivity contribution in [3.63, 3.8) is 0 Å². The second kappa shape index (κ2) is 4.70. The van der Waals surface area contributed by atoms with Crippen LogP contribution in [0.15, 0.2) is 12.2 Å². The van der Waals surface area contributed by atoms with Crippen LogP contribution in [0.3, 0.4) is 0 Å². The third-order valence-electron chi connectivity index (χ3n) is 0.462. The Balaban J connectivity index is 2.66. The van der Waals surface area contributed by atoms with Crippen LogP contribution in [0.5, 0.6) is 0 Å². The molecular weight excluding hydrogens is 76.1 g/mol. The summed E-state index contributed by atoms with van der Waals surface area (Å²) in [6, 6.07) is 0. The molecule has 1 heteroatoms. The van der Waals surface area contributed by atoms with Gasteiger partial charge < -0.3 is 5.11 Å². The predicted octanol–water partition coefficient (Wildman–Crippen LogP) is 0.759. The Hall–Kier alpha value is -0.300. The standard InChI is InChI=1S/C5H9O/c1-2-3-4-5-6/h2-3,6H,1,4-5H2. The molecule has 0 atom stereocenters. The van der Waals surface area contributed by atoms with Crippen molar-refractivity contribution < 1.29 is 5.11 Å². The first-order valence-corrected chi connectivity index (χ1v) is 1.97. The Morgan fingerprint density at radius 1 is 1.67 bits per heavy atom. The van der Waals surface area contributed by atoms with Gasteiger partial charge in [-0.15, -0.1) is 0 Å². The fourth-order valence-corrected chi connectivity index (χ4v) is 0.192. The third-order valence-corrected chi connectivity index (χ3v) is 0.462. The largest absolute Gasteiger partial charge is 0.396 e. The van der Waals surface area contributed by atoms with E-state index in [1.54, 1.807) is 6.08 Å². The summed E-state index contributed by atoms with van der Waals surface area (Å²) in [4.78, 5) is 0. The maximum absolute atomic E-state index is 8.12. The molecule has 0 amide bonds. The average Bonchev–Trinajstić information content (AvgIpc) is 1.61. The first-order chi connectivity index (χ1) is 2.91. The van der Waals surface area contributed by atoms with E-state index in [-0.39, 0.29) is 6.61 Å². The summed E-state index contributed by atoms with van der Waals surface area (Å²) >= 11 is 0. The highest BCUT2D eigenvalue weighted by atomic mass is 16.2. The van der Waals surface area contributed by atoms with Crippen molar-refractivity contribution in [1.82, 2.24) is 0 Å². The predicted molar refractivity (Wildman–Crippen MR) is 26.2 cm³/mol. The van der Waals surface area contributed by atoms with Gasteiger partial charge in [-0.2, -0.15) is 0 Å². The van der Waals surface area contributed by atoms with Crippen LogP contribution in [0, 0.1) is 6.92 Å². The van der Waals surface area contributed by atoms with E-state index in [1.807, 2.05) is 6.08 Å². The van der Waals surface area contributed by atoms with Crippen LogP contribution in [0.25, 0.3) is 0 Å². The lowest BCUT2D eigenvalue weighted by atomic mass is 10.4. The van der Waals surface area contributed by atoms with Crippen molar-refractivity contribution in [2.75, 3.05) is 6.61 Å². The highest BCUT2D eigenvalue weighted by Crippen LogP contribution is 1.75. The fourth-order valence-electron chi connectivity index (χ4n) is 0.192. The molecule has 0 fully saturated rings. The summed E-state index contributed by atoms with van der Waals surface area (Å²) in [5.74, 6) is 0. The molecule has 1 nitrogen and oxygen atoms in total. The van der Waals surface area contributed by atoms with Crippen LogP contribution in [0.1, 0.15) is 6.42 Å². The Bertz CT molecular complexity index is 39.2. The summed E-state index contributed by atoms with van der Waals surface area (Å²) in [6.45, 7) is 3.66. The highest BCUT2D eigenvalue weighted by molar-refractivity contribution is 4.82. The second-order valence-electron chi connectivity index (χ2n) is 0.984. The maximum atomic E-state index is 8.12. The van der Waals surface area contributed by atoms with E-state index in [4.69, 9.17) is 5.11 Å². The minimum absolute atomic E-state index is 0.228.